The smallest absolute Gasteiger partial charge is 0.252 e. The van der Waals surface area contributed by atoms with E-state index in [1.807, 2.05) is 6.07 Å². The van der Waals surface area contributed by atoms with Gasteiger partial charge in [-0.1, -0.05) is 29.8 Å². The summed E-state index contributed by atoms with van der Waals surface area (Å²) in [5.41, 5.74) is -0.419. The van der Waals surface area contributed by atoms with Crippen LogP contribution in [0.15, 0.2) is 54.7 Å². The van der Waals surface area contributed by atoms with Crippen LogP contribution >= 0.6 is 11.6 Å². The van der Waals surface area contributed by atoms with Crippen molar-refractivity contribution in [2.45, 2.75) is 56.2 Å². The Labute approximate surface area is 248 Å². The van der Waals surface area contributed by atoms with E-state index in [1.54, 1.807) is 6.07 Å². The first kappa shape index (κ1) is 29.9. The number of nitriles is 1. The molecule has 2 fully saturated rings. The normalized spacial score (nSPS) is 18.7. The SMILES string of the molecule is N#Cc1ccnc(N2C(=O)CCC[C@H]2C(=O)N(c2cc(F)cc(F)c2)[C@H](C(=O)NC2CC(F)(F)C2)c2ccccc2Cl)n1. The van der Waals surface area contributed by atoms with Crippen molar-refractivity contribution in [2.24, 2.45) is 0 Å². The van der Waals surface area contributed by atoms with Crippen molar-refractivity contribution in [3.8, 4) is 6.07 Å². The molecular formula is C29H23ClF4N6O3. The van der Waals surface area contributed by atoms with E-state index in [1.165, 1.54) is 30.5 Å². The molecular weight excluding hydrogens is 592 g/mol. The number of nitrogens with zero attached hydrogens (tertiary/aromatic N) is 5. The maximum Gasteiger partial charge on any atom is 0.252 e. The van der Waals surface area contributed by atoms with Gasteiger partial charge in [-0.2, -0.15) is 5.26 Å². The first-order valence-electron chi connectivity index (χ1n) is 13.2. The quantitative estimate of drug-likeness (QED) is 0.380. The van der Waals surface area contributed by atoms with Crippen molar-refractivity contribution in [3.05, 3.63) is 82.6 Å². The van der Waals surface area contributed by atoms with E-state index in [0.717, 1.165) is 21.9 Å². The summed E-state index contributed by atoms with van der Waals surface area (Å²) in [6.07, 6.45) is 0.281. The van der Waals surface area contributed by atoms with Gasteiger partial charge in [-0.25, -0.2) is 27.5 Å². The standard InChI is InChI=1S/C29H23ClF4N6O3/c30-22-5-2-1-4-21(22)25(26(42)37-19-13-29(33,34)14-19)39(20-11-16(31)10-17(32)12-20)27(43)23-6-3-7-24(41)40(23)28-36-9-8-18(15-35)38-28/h1-2,4-5,8-12,19,23,25H,3,6-7,13-14H2,(H,37,42)/t23-,25-/m0/s1. The largest absolute Gasteiger partial charge is 0.351 e. The van der Waals surface area contributed by atoms with Crippen molar-refractivity contribution >= 4 is 41.0 Å². The Morgan fingerprint density at radius 3 is 2.49 bits per heavy atom. The zero-order chi connectivity index (χ0) is 30.9. The van der Waals surface area contributed by atoms with Crippen LogP contribution in [0.2, 0.25) is 5.02 Å². The molecule has 2 aromatic carbocycles. The highest BCUT2D eigenvalue weighted by atomic mass is 35.5. The highest BCUT2D eigenvalue weighted by Crippen LogP contribution is 2.39. The number of hydrogen-bond acceptors (Lipinski definition) is 6. The second-order valence-electron chi connectivity index (χ2n) is 10.3. The predicted molar refractivity (Wildman–Crippen MR) is 146 cm³/mol. The van der Waals surface area contributed by atoms with Crippen molar-refractivity contribution in [1.29, 1.82) is 5.26 Å². The number of aromatic nitrogens is 2. The molecule has 0 bridgehead atoms. The van der Waals surface area contributed by atoms with E-state index < -0.39 is 66.2 Å². The highest BCUT2D eigenvalue weighted by molar-refractivity contribution is 6.31. The first-order chi connectivity index (χ1) is 20.5. The average molecular weight is 615 g/mol. The minimum absolute atomic E-state index is 0.0119. The molecule has 9 nitrogen and oxygen atoms in total. The van der Waals surface area contributed by atoms with Gasteiger partial charge in [-0.15, -0.1) is 0 Å². The molecule has 14 heteroatoms. The molecule has 0 unspecified atom stereocenters. The van der Waals surface area contributed by atoms with Gasteiger partial charge in [-0.3, -0.25) is 24.2 Å². The van der Waals surface area contributed by atoms with Crippen molar-refractivity contribution < 1.29 is 31.9 Å². The van der Waals surface area contributed by atoms with Crippen LogP contribution in [0.3, 0.4) is 0 Å². The maximum absolute atomic E-state index is 14.6. The molecule has 1 aliphatic carbocycles. The Morgan fingerprint density at radius 2 is 1.84 bits per heavy atom. The van der Waals surface area contributed by atoms with Crippen molar-refractivity contribution in [1.82, 2.24) is 15.3 Å². The molecule has 0 spiro atoms. The summed E-state index contributed by atoms with van der Waals surface area (Å²) in [6, 6.07) is 7.31. The van der Waals surface area contributed by atoms with Crippen LogP contribution in [0.1, 0.15) is 49.4 Å². The fraction of sp³-hybridized carbons (Fsp3) is 0.310. The lowest BCUT2D eigenvalue weighted by molar-refractivity contribution is -0.133. The third-order valence-electron chi connectivity index (χ3n) is 7.21. The minimum atomic E-state index is -2.97. The average Bonchev–Trinajstić information content (AvgIpc) is 2.94. The van der Waals surface area contributed by atoms with Gasteiger partial charge >= 0.3 is 0 Å². The number of amides is 3. The molecule has 1 saturated carbocycles. The molecule has 2 atom stereocenters. The summed E-state index contributed by atoms with van der Waals surface area (Å²) in [5, 5.41) is 11.8. The van der Waals surface area contributed by atoms with Crippen LogP contribution in [0.25, 0.3) is 0 Å². The van der Waals surface area contributed by atoms with Gasteiger partial charge in [0.15, 0.2) is 0 Å². The Hall–Kier alpha value is -4.57. The number of piperidine rings is 1. The molecule has 0 radical (unpaired) electrons. The number of halogens is 5. The lowest BCUT2D eigenvalue weighted by atomic mass is 9.87. The third kappa shape index (κ3) is 6.29. The highest BCUT2D eigenvalue weighted by Gasteiger charge is 2.48. The molecule has 1 saturated heterocycles. The Kier molecular flexibility index (Phi) is 8.32. The van der Waals surface area contributed by atoms with Gasteiger partial charge < -0.3 is 5.32 Å². The van der Waals surface area contributed by atoms with Gasteiger partial charge in [0, 0.05) is 48.2 Å². The van der Waals surface area contributed by atoms with E-state index in [4.69, 9.17) is 11.6 Å². The number of hydrogen-bond donors (Lipinski definition) is 1. The summed E-state index contributed by atoms with van der Waals surface area (Å²) >= 11 is 6.46. The number of benzene rings is 2. The van der Waals surface area contributed by atoms with Crippen LogP contribution in [0.4, 0.5) is 29.2 Å². The second-order valence-corrected chi connectivity index (χ2v) is 10.7. The van der Waals surface area contributed by atoms with Crippen LogP contribution in [0, 0.1) is 23.0 Å². The van der Waals surface area contributed by atoms with Crippen LogP contribution in [-0.4, -0.2) is 45.7 Å². The fourth-order valence-corrected chi connectivity index (χ4v) is 5.50. The van der Waals surface area contributed by atoms with Crippen LogP contribution in [-0.2, 0) is 14.4 Å². The Bertz CT molecular complexity index is 1610. The molecule has 1 N–H and O–H groups in total. The first-order valence-corrected chi connectivity index (χ1v) is 13.6. The molecule has 1 aliphatic heterocycles. The van der Waals surface area contributed by atoms with Gasteiger partial charge in [0.1, 0.15) is 35.5 Å². The zero-order valence-electron chi connectivity index (χ0n) is 22.3. The lowest BCUT2D eigenvalue weighted by Crippen LogP contribution is -2.58. The lowest BCUT2D eigenvalue weighted by Gasteiger charge is -2.41. The number of nitrogens with one attached hydrogen (secondary N) is 1. The number of carbonyl (C=O) groups is 3. The summed E-state index contributed by atoms with van der Waals surface area (Å²) in [4.78, 5) is 51.4. The summed E-state index contributed by atoms with van der Waals surface area (Å²) < 4.78 is 56.4. The van der Waals surface area contributed by atoms with Crippen molar-refractivity contribution in [2.75, 3.05) is 9.80 Å². The van der Waals surface area contributed by atoms with Gasteiger partial charge in [0.05, 0.1) is 5.69 Å². The summed E-state index contributed by atoms with van der Waals surface area (Å²) in [6.45, 7) is 0. The molecule has 5 rings (SSSR count). The third-order valence-corrected chi connectivity index (χ3v) is 7.56. The van der Waals surface area contributed by atoms with E-state index in [2.05, 4.69) is 15.3 Å². The second kappa shape index (κ2) is 12.0. The Balaban J connectivity index is 1.65. The van der Waals surface area contributed by atoms with Gasteiger partial charge in [-0.05, 0) is 37.1 Å². The topological polar surface area (TPSA) is 119 Å². The van der Waals surface area contributed by atoms with Crippen molar-refractivity contribution in [3.63, 3.8) is 0 Å². The zero-order valence-corrected chi connectivity index (χ0v) is 23.1. The van der Waals surface area contributed by atoms with E-state index in [-0.39, 0.29) is 47.2 Å². The molecule has 222 valence electrons. The van der Waals surface area contributed by atoms with Crippen LogP contribution in [0.5, 0.6) is 0 Å². The van der Waals surface area contributed by atoms with E-state index >= 15 is 0 Å². The molecule has 3 amide bonds. The maximum atomic E-state index is 14.6. The molecule has 3 aromatic rings. The van der Waals surface area contributed by atoms with Gasteiger partial charge in [0.25, 0.3) is 11.8 Å². The molecule has 1 aromatic heterocycles. The Morgan fingerprint density at radius 1 is 1.14 bits per heavy atom. The van der Waals surface area contributed by atoms with Gasteiger partial charge in [0.2, 0.25) is 17.8 Å². The molecule has 43 heavy (non-hydrogen) atoms. The summed E-state index contributed by atoms with van der Waals surface area (Å²) in [7, 11) is 0. The predicted octanol–water partition coefficient (Wildman–Crippen LogP) is 4.85. The number of anilines is 2. The van der Waals surface area contributed by atoms with E-state index in [9.17, 15) is 37.2 Å². The monoisotopic (exact) mass is 614 g/mol. The minimum Gasteiger partial charge on any atom is -0.351 e. The number of carbonyl (C=O) groups excluding carboxylic acids is 3. The molecule has 2 heterocycles. The number of rotatable bonds is 7. The molecule has 2 aliphatic rings. The fourth-order valence-electron chi connectivity index (χ4n) is 5.26. The summed E-state index contributed by atoms with van der Waals surface area (Å²) in [5.74, 6) is -7.77. The van der Waals surface area contributed by atoms with E-state index in [0.29, 0.717) is 6.07 Å². The van der Waals surface area contributed by atoms with Crippen LogP contribution < -0.4 is 15.1 Å². The number of alkyl halides is 2.